The molecule has 8 nitrogen and oxygen atoms in total. The van der Waals surface area contributed by atoms with Crippen molar-refractivity contribution in [3.63, 3.8) is 0 Å². The Kier molecular flexibility index (Phi) is 9.05. The summed E-state index contributed by atoms with van der Waals surface area (Å²) in [6.07, 6.45) is 1.26. The zero-order valence-electron chi connectivity index (χ0n) is 19.8. The lowest BCUT2D eigenvalue weighted by Crippen LogP contribution is -2.32. The minimum Gasteiger partial charge on any atom is -0.483 e. The number of anilines is 2. The van der Waals surface area contributed by atoms with Crippen LogP contribution in [0.2, 0.25) is 10.0 Å². The fourth-order valence-electron chi connectivity index (χ4n) is 2.98. The number of rotatable bonds is 7. The third kappa shape index (κ3) is 7.56. The average Bonchev–Trinajstić information content (AvgIpc) is 2.83. The maximum Gasteiger partial charge on any atom is 0.329 e. The number of hydrogen-bond donors (Lipinski definition) is 3. The molecule has 0 aliphatic rings. The number of carbonyl (C=O) groups is 3. The Morgan fingerprint density at radius 2 is 1.53 bits per heavy atom. The number of nitrogens with zero attached hydrogens (tertiary/aromatic N) is 1. The molecule has 0 heterocycles. The van der Waals surface area contributed by atoms with Gasteiger partial charge in [0.25, 0.3) is 5.91 Å². The van der Waals surface area contributed by atoms with Gasteiger partial charge in [0, 0.05) is 27.0 Å². The monoisotopic (exact) mass is 526 g/mol. The van der Waals surface area contributed by atoms with Gasteiger partial charge in [-0.3, -0.25) is 14.4 Å². The second kappa shape index (κ2) is 12.2. The van der Waals surface area contributed by atoms with Gasteiger partial charge in [0.15, 0.2) is 6.61 Å². The first-order chi connectivity index (χ1) is 17.1. The highest BCUT2D eigenvalue weighted by Gasteiger charge is 2.14. The standard InChI is InChI=1S/C26H24Cl2N4O4/c1-15-4-7-20(10-17(15)3)30-24(33)14-36-23-9-6-19(27)11-18(23)13-29-32-26(35)25(34)31-21-8-5-16(2)22(28)12-21/h4-13H,14H2,1-3H3,(H,30,33)(H,31,34)(H,32,35)/b29-13-. The molecule has 3 amide bonds. The number of amides is 3. The molecule has 0 aliphatic heterocycles. The van der Waals surface area contributed by atoms with Gasteiger partial charge in [-0.15, -0.1) is 0 Å². The summed E-state index contributed by atoms with van der Waals surface area (Å²) in [4.78, 5) is 36.5. The smallest absolute Gasteiger partial charge is 0.329 e. The number of aryl methyl sites for hydroxylation is 3. The molecule has 0 unspecified atom stereocenters. The molecular weight excluding hydrogens is 503 g/mol. The largest absolute Gasteiger partial charge is 0.483 e. The highest BCUT2D eigenvalue weighted by atomic mass is 35.5. The van der Waals surface area contributed by atoms with Crippen molar-refractivity contribution in [3.8, 4) is 5.75 Å². The number of carbonyl (C=O) groups excluding carboxylic acids is 3. The van der Waals surface area contributed by atoms with Gasteiger partial charge in [-0.05, 0) is 79.9 Å². The van der Waals surface area contributed by atoms with Crippen LogP contribution in [0.1, 0.15) is 22.3 Å². The molecule has 0 fully saturated rings. The average molecular weight is 527 g/mol. The molecule has 0 aliphatic carbocycles. The van der Waals surface area contributed by atoms with Crippen molar-refractivity contribution in [2.24, 2.45) is 5.10 Å². The van der Waals surface area contributed by atoms with E-state index < -0.39 is 11.8 Å². The van der Waals surface area contributed by atoms with Crippen molar-refractivity contribution in [1.29, 1.82) is 0 Å². The van der Waals surface area contributed by atoms with E-state index in [0.717, 1.165) is 16.7 Å². The molecule has 0 saturated heterocycles. The van der Waals surface area contributed by atoms with Crippen LogP contribution in [-0.2, 0) is 14.4 Å². The highest BCUT2D eigenvalue weighted by Crippen LogP contribution is 2.22. The molecule has 0 saturated carbocycles. The van der Waals surface area contributed by atoms with Crippen LogP contribution in [0.3, 0.4) is 0 Å². The molecule has 0 aromatic heterocycles. The van der Waals surface area contributed by atoms with E-state index in [9.17, 15) is 14.4 Å². The zero-order valence-corrected chi connectivity index (χ0v) is 21.3. The van der Waals surface area contributed by atoms with Gasteiger partial charge in [-0.25, -0.2) is 5.43 Å². The summed E-state index contributed by atoms with van der Waals surface area (Å²) in [6, 6.07) is 15.2. The Hall–Kier alpha value is -3.88. The van der Waals surface area contributed by atoms with Gasteiger partial charge >= 0.3 is 11.8 Å². The minimum atomic E-state index is -0.986. The molecule has 186 valence electrons. The fourth-order valence-corrected chi connectivity index (χ4v) is 3.34. The highest BCUT2D eigenvalue weighted by molar-refractivity contribution is 6.40. The van der Waals surface area contributed by atoms with E-state index in [0.29, 0.717) is 32.7 Å². The second-order valence-electron chi connectivity index (χ2n) is 7.94. The zero-order chi connectivity index (χ0) is 26.2. The van der Waals surface area contributed by atoms with E-state index in [-0.39, 0.29) is 12.5 Å². The van der Waals surface area contributed by atoms with Crippen LogP contribution in [0.5, 0.6) is 5.75 Å². The van der Waals surface area contributed by atoms with E-state index in [2.05, 4.69) is 21.2 Å². The number of hydrogen-bond acceptors (Lipinski definition) is 5. The quantitative estimate of drug-likeness (QED) is 0.228. The lowest BCUT2D eigenvalue weighted by atomic mass is 10.1. The predicted molar refractivity (Wildman–Crippen MR) is 142 cm³/mol. The number of ether oxygens (including phenoxy) is 1. The Morgan fingerprint density at radius 3 is 2.22 bits per heavy atom. The summed E-state index contributed by atoms with van der Waals surface area (Å²) in [5.74, 6) is -1.94. The first kappa shape index (κ1) is 26.7. The lowest BCUT2D eigenvalue weighted by molar-refractivity contribution is -0.136. The summed E-state index contributed by atoms with van der Waals surface area (Å²) < 4.78 is 5.62. The topological polar surface area (TPSA) is 109 Å². The van der Waals surface area contributed by atoms with Gasteiger partial charge in [0.05, 0.1) is 6.21 Å². The molecule has 0 atom stereocenters. The first-order valence-corrected chi connectivity index (χ1v) is 11.6. The van der Waals surface area contributed by atoms with Crippen molar-refractivity contribution in [3.05, 3.63) is 86.9 Å². The summed E-state index contributed by atoms with van der Waals surface area (Å²) in [6.45, 7) is 5.51. The van der Waals surface area contributed by atoms with Crippen LogP contribution >= 0.6 is 23.2 Å². The summed E-state index contributed by atoms with van der Waals surface area (Å²) in [7, 11) is 0. The van der Waals surface area contributed by atoms with Crippen LogP contribution in [0.15, 0.2) is 59.7 Å². The van der Waals surface area contributed by atoms with E-state index in [1.807, 2.05) is 39.0 Å². The second-order valence-corrected chi connectivity index (χ2v) is 8.78. The number of benzene rings is 3. The molecular formula is C26H24Cl2N4O4. The molecule has 36 heavy (non-hydrogen) atoms. The molecule has 3 aromatic rings. The SMILES string of the molecule is Cc1ccc(NC(=O)COc2ccc(Cl)cc2/C=N\NC(=O)C(=O)Nc2ccc(C)c(Cl)c2)cc1C. The van der Waals surface area contributed by atoms with Crippen molar-refractivity contribution < 1.29 is 19.1 Å². The molecule has 3 N–H and O–H groups in total. The molecule has 3 rings (SSSR count). The number of hydrazone groups is 1. The van der Waals surface area contributed by atoms with Crippen molar-refractivity contribution in [1.82, 2.24) is 5.43 Å². The van der Waals surface area contributed by atoms with E-state index in [1.165, 1.54) is 12.3 Å². The lowest BCUT2D eigenvalue weighted by Gasteiger charge is -2.11. The van der Waals surface area contributed by atoms with Gasteiger partial charge in [-0.2, -0.15) is 5.10 Å². The van der Waals surface area contributed by atoms with Crippen LogP contribution < -0.4 is 20.8 Å². The van der Waals surface area contributed by atoms with E-state index in [1.54, 1.807) is 30.3 Å². The van der Waals surface area contributed by atoms with Crippen LogP contribution in [0.4, 0.5) is 11.4 Å². The van der Waals surface area contributed by atoms with E-state index >= 15 is 0 Å². The number of halogens is 2. The molecule has 0 radical (unpaired) electrons. The number of nitrogens with one attached hydrogen (secondary N) is 3. The van der Waals surface area contributed by atoms with Crippen molar-refractivity contribution in [2.75, 3.05) is 17.2 Å². The van der Waals surface area contributed by atoms with Crippen molar-refractivity contribution in [2.45, 2.75) is 20.8 Å². The van der Waals surface area contributed by atoms with Gasteiger partial charge in [-0.1, -0.05) is 35.3 Å². The van der Waals surface area contributed by atoms with Gasteiger partial charge in [0.1, 0.15) is 5.75 Å². The van der Waals surface area contributed by atoms with Crippen molar-refractivity contribution >= 4 is 58.5 Å². The predicted octanol–water partition coefficient (Wildman–Crippen LogP) is 5.02. The van der Waals surface area contributed by atoms with E-state index in [4.69, 9.17) is 27.9 Å². The Morgan fingerprint density at radius 1 is 0.833 bits per heavy atom. The Bertz CT molecular complexity index is 1340. The third-order valence-electron chi connectivity index (χ3n) is 5.13. The molecule has 0 bridgehead atoms. The minimum absolute atomic E-state index is 0.261. The van der Waals surface area contributed by atoms with Crippen LogP contribution in [0.25, 0.3) is 0 Å². The van der Waals surface area contributed by atoms with Gasteiger partial charge < -0.3 is 15.4 Å². The Labute approximate surface area is 218 Å². The van der Waals surface area contributed by atoms with Crippen LogP contribution in [-0.4, -0.2) is 30.5 Å². The molecule has 0 spiro atoms. The third-order valence-corrected chi connectivity index (χ3v) is 5.77. The summed E-state index contributed by atoms with van der Waals surface area (Å²) in [5, 5.41) is 9.87. The maximum atomic E-state index is 12.3. The first-order valence-electron chi connectivity index (χ1n) is 10.8. The summed E-state index contributed by atoms with van der Waals surface area (Å²) >= 11 is 12.1. The molecule has 3 aromatic carbocycles. The van der Waals surface area contributed by atoms with Gasteiger partial charge in [0.2, 0.25) is 0 Å². The normalized spacial score (nSPS) is 10.7. The fraction of sp³-hybridized carbons (Fsp3) is 0.154. The molecule has 10 heteroatoms. The summed E-state index contributed by atoms with van der Waals surface area (Å²) in [5.41, 5.74) is 6.60. The van der Waals surface area contributed by atoms with Crippen LogP contribution in [0, 0.1) is 20.8 Å². The maximum absolute atomic E-state index is 12.3. The Balaban J connectivity index is 1.58.